The Morgan fingerprint density at radius 3 is 2.33 bits per heavy atom. The molecule has 0 amide bonds. The van der Waals surface area contributed by atoms with Gasteiger partial charge in [0.1, 0.15) is 24.2 Å². The van der Waals surface area contributed by atoms with E-state index in [0.29, 0.717) is 63.5 Å². The number of Topliss-reactive ketones (excluding diaryl/α,β-unsaturated/α-hetero) is 1. The fourth-order valence-corrected chi connectivity index (χ4v) is 11.5. The smallest absolute Gasteiger partial charge is 0.311 e. The summed E-state index contributed by atoms with van der Waals surface area (Å²) in [5, 5.41) is 51.4. The summed E-state index contributed by atoms with van der Waals surface area (Å²) < 4.78 is 40.9. The molecule has 1 aromatic heterocycles. The number of hydrogen-bond donors (Lipinski definition) is 4. The van der Waals surface area contributed by atoms with Crippen molar-refractivity contribution in [2.24, 2.45) is 41.4 Å². The highest BCUT2D eigenvalue weighted by Crippen LogP contribution is 2.54. The summed E-state index contributed by atoms with van der Waals surface area (Å²) in [5.41, 5.74) is -1.26. The Hall–Kier alpha value is -2.83. The molecule has 5 aliphatic heterocycles. The van der Waals surface area contributed by atoms with Crippen LogP contribution in [0.25, 0.3) is 0 Å². The lowest BCUT2D eigenvalue weighted by Crippen LogP contribution is -2.63. The Morgan fingerprint density at radius 1 is 0.953 bits per heavy atom. The molecule has 0 aliphatic carbocycles. The van der Waals surface area contributed by atoms with Crippen LogP contribution in [0.15, 0.2) is 18.3 Å². The maximum absolute atomic E-state index is 14.7. The summed E-state index contributed by atoms with van der Waals surface area (Å²) in [7, 11) is 0. The van der Waals surface area contributed by atoms with Gasteiger partial charge in [0.15, 0.2) is 5.79 Å². The number of carboxylic acid groups (broad SMARTS) is 1. The zero-order valence-corrected chi connectivity index (χ0v) is 39.8. The van der Waals surface area contributed by atoms with Gasteiger partial charge < -0.3 is 48.8 Å². The van der Waals surface area contributed by atoms with Crippen molar-refractivity contribution in [3.63, 3.8) is 0 Å². The Morgan fingerprint density at radius 2 is 1.67 bits per heavy atom. The highest BCUT2D eigenvalue weighted by molar-refractivity contribution is 5.84. The Bertz CT molecular complexity index is 1810. The molecule has 16 heteroatoms. The van der Waals surface area contributed by atoms with E-state index in [2.05, 4.69) is 31.1 Å². The van der Waals surface area contributed by atoms with Crippen molar-refractivity contribution in [1.82, 2.24) is 15.0 Å². The molecule has 5 aliphatic rings. The van der Waals surface area contributed by atoms with Crippen LogP contribution in [0.4, 0.5) is 0 Å². The topological polar surface area (TPSA) is 218 Å². The number of aliphatic carboxylic acids is 1. The van der Waals surface area contributed by atoms with Crippen molar-refractivity contribution >= 4 is 17.7 Å². The van der Waals surface area contributed by atoms with Gasteiger partial charge in [-0.15, -0.1) is 5.10 Å². The minimum atomic E-state index is -1.40. The third-order valence-corrected chi connectivity index (χ3v) is 15.9. The summed E-state index contributed by atoms with van der Waals surface area (Å²) in [6.45, 7) is 19.7. The average molecular weight is 904 g/mol. The van der Waals surface area contributed by atoms with Gasteiger partial charge in [-0.25, -0.2) is 0 Å². The van der Waals surface area contributed by atoms with Crippen molar-refractivity contribution in [3.8, 4) is 0 Å². The summed E-state index contributed by atoms with van der Waals surface area (Å²) in [6, 6.07) is 0. The average Bonchev–Trinajstić information content (AvgIpc) is 3.88. The molecule has 0 saturated carbocycles. The van der Waals surface area contributed by atoms with Gasteiger partial charge in [-0.05, 0) is 95.6 Å². The molecule has 0 unspecified atom stereocenters. The number of carbonyl (C=O) groups is 3. The van der Waals surface area contributed by atoms with E-state index >= 15 is 0 Å². The van der Waals surface area contributed by atoms with E-state index in [9.17, 15) is 29.7 Å². The number of aromatic nitrogens is 3. The largest absolute Gasteiger partial charge is 0.481 e. The van der Waals surface area contributed by atoms with Crippen LogP contribution in [0.1, 0.15) is 146 Å². The van der Waals surface area contributed by atoms with Gasteiger partial charge in [-0.2, -0.15) is 0 Å². The van der Waals surface area contributed by atoms with Crippen LogP contribution >= 0.6 is 0 Å². The van der Waals surface area contributed by atoms with Crippen molar-refractivity contribution in [2.45, 2.75) is 219 Å². The molecule has 16 nitrogen and oxygen atoms in total. The second-order valence-electron chi connectivity index (χ2n) is 20.3. The lowest BCUT2D eigenvalue weighted by atomic mass is 9.72. The molecule has 4 saturated heterocycles. The molecule has 362 valence electrons. The van der Waals surface area contributed by atoms with Gasteiger partial charge in [-0.1, -0.05) is 60.6 Å². The molecular weight excluding hydrogens is 827 g/mol. The molecule has 6 heterocycles. The summed E-state index contributed by atoms with van der Waals surface area (Å²) in [4.78, 5) is 39.0. The SMILES string of the molecule is CC[C@@H](C(=O)[C@@H](C)[C@@H](O)[C@H](C)[C@@H]1O[C@@H]([C@@H](CC)C(=O)OCc2cn(CCC(=O)O)nn2)CC[C@@H]1C)[C@H]1O[C@]2(C=C[C@@H](O)[C@]3(CC[C@@](C)([C@H]4CC[C@](O)(CC)[C@H](C)O4)O3)O2)[C@H](C)C[C@@H]1C. The molecule has 1 aromatic rings. The zero-order chi connectivity index (χ0) is 46.9. The number of esters is 1. The number of carboxylic acids is 1. The van der Waals surface area contributed by atoms with E-state index in [4.69, 9.17) is 33.5 Å². The van der Waals surface area contributed by atoms with Crippen molar-refractivity contribution in [2.75, 3.05) is 0 Å². The molecule has 0 aromatic carbocycles. The van der Waals surface area contributed by atoms with Gasteiger partial charge in [0.2, 0.25) is 5.79 Å². The summed E-state index contributed by atoms with van der Waals surface area (Å²) in [6.07, 6.45) is 6.58. The van der Waals surface area contributed by atoms with Crippen LogP contribution in [0, 0.1) is 41.4 Å². The molecule has 6 rings (SSSR count). The first kappa shape index (κ1) is 50.6. The number of hydrogen-bond acceptors (Lipinski definition) is 14. The monoisotopic (exact) mass is 904 g/mol. The normalized spacial score (nSPS) is 40.2. The third-order valence-electron chi connectivity index (χ3n) is 15.9. The maximum atomic E-state index is 14.7. The van der Waals surface area contributed by atoms with E-state index in [1.165, 1.54) is 4.68 Å². The highest BCUT2D eigenvalue weighted by Gasteiger charge is 2.63. The predicted molar refractivity (Wildman–Crippen MR) is 233 cm³/mol. The van der Waals surface area contributed by atoms with Gasteiger partial charge in [0, 0.05) is 30.1 Å². The minimum Gasteiger partial charge on any atom is -0.481 e. The number of aliphatic hydroxyl groups is 3. The molecule has 0 radical (unpaired) electrons. The van der Waals surface area contributed by atoms with Crippen molar-refractivity contribution in [3.05, 3.63) is 24.0 Å². The Labute approximate surface area is 379 Å². The van der Waals surface area contributed by atoms with Crippen molar-refractivity contribution in [1.29, 1.82) is 0 Å². The van der Waals surface area contributed by atoms with E-state index in [0.717, 1.165) is 6.42 Å². The maximum Gasteiger partial charge on any atom is 0.311 e. The summed E-state index contributed by atoms with van der Waals surface area (Å²) in [5.74, 6) is -6.55. The van der Waals surface area contributed by atoms with E-state index in [1.54, 1.807) is 25.3 Å². The Balaban J connectivity index is 1.10. The number of rotatable bonds is 17. The summed E-state index contributed by atoms with van der Waals surface area (Å²) >= 11 is 0. The third kappa shape index (κ3) is 10.2. The van der Waals surface area contributed by atoms with E-state index in [1.807, 2.05) is 41.5 Å². The Kier molecular flexibility index (Phi) is 15.9. The molecule has 18 atom stereocenters. The highest BCUT2D eigenvalue weighted by atomic mass is 16.8. The van der Waals surface area contributed by atoms with Gasteiger partial charge >= 0.3 is 11.9 Å². The predicted octanol–water partition coefficient (Wildman–Crippen LogP) is 5.91. The van der Waals surface area contributed by atoms with Crippen LogP contribution in [0.2, 0.25) is 0 Å². The fraction of sp³-hybridized carbons (Fsp3) is 0.854. The second kappa shape index (κ2) is 20.2. The van der Waals surface area contributed by atoms with Gasteiger partial charge in [0.25, 0.3) is 0 Å². The van der Waals surface area contributed by atoms with Crippen molar-refractivity contribution < 1.29 is 63.2 Å². The first-order valence-corrected chi connectivity index (χ1v) is 24.1. The van der Waals surface area contributed by atoms with Gasteiger partial charge in [0.05, 0.1) is 72.9 Å². The number of aliphatic hydroxyl groups excluding tert-OH is 2. The standard InChI is InChI=1S/C48H77N3O13/c1-11-34(44(57)59-26-33-25-51(50-49-33)23-18-39(53)54)36-15-14-27(4)42(61-36)31(8)40(55)30(7)41(56)35(12-2)43-28(5)24-29(6)47(62-43)20-16-37(52)48(64-47)22-21-45(10,63-48)38-17-19-46(58,13-3)32(9)60-38/h16,20,25,27-32,34-38,40,42-43,52,55,58H,11-15,17-19,21-24,26H2,1-10H3,(H,53,54)/t27-,28-,29+,30-,31-,32-,34+,35-,36+,37+,38+,40+,42+,43-,45-,46+,47-,48-/m0/s1. The molecule has 64 heavy (non-hydrogen) atoms. The van der Waals surface area contributed by atoms with Crippen LogP contribution in [-0.4, -0.2) is 119 Å². The molecule has 4 fully saturated rings. The minimum absolute atomic E-state index is 0.0163. The van der Waals surface area contributed by atoms with Crippen LogP contribution < -0.4 is 0 Å². The second-order valence-corrected chi connectivity index (χ2v) is 20.3. The fourth-order valence-electron chi connectivity index (χ4n) is 11.5. The lowest BCUT2D eigenvalue weighted by Gasteiger charge is -2.54. The van der Waals surface area contributed by atoms with Crippen LogP contribution in [0.3, 0.4) is 0 Å². The number of carbonyl (C=O) groups excluding carboxylic acids is 2. The quantitative estimate of drug-likeness (QED) is 0.106. The van der Waals surface area contributed by atoms with Gasteiger partial charge in [-0.3, -0.25) is 19.1 Å². The zero-order valence-electron chi connectivity index (χ0n) is 39.8. The number of nitrogens with zero attached hydrogens (tertiary/aromatic N) is 3. The molecule has 4 N–H and O–H groups in total. The number of ketones is 1. The van der Waals surface area contributed by atoms with E-state index in [-0.39, 0.29) is 55.3 Å². The molecule has 2 spiro atoms. The van der Waals surface area contributed by atoms with Crippen LogP contribution in [-0.2, 0) is 56.0 Å². The first-order chi connectivity index (χ1) is 30.1. The first-order valence-electron chi connectivity index (χ1n) is 24.1. The lowest BCUT2D eigenvalue weighted by molar-refractivity contribution is -0.409. The van der Waals surface area contributed by atoms with Crippen LogP contribution in [0.5, 0.6) is 0 Å². The van der Waals surface area contributed by atoms with E-state index < -0.39 is 88.9 Å². The molecule has 0 bridgehead atoms. The number of aryl methyl sites for hydroxylation is 1. The molecular formula is C48H77N3O13. The number of ether oxygens (including phenoxy) is 6.